The molecule has 0 fully saturated rings. The number of hydrogen-bond donors (Lipinski definition) is 3. The Morgan fingerprint density at radius 3 is 2.93 bits per heavy atom. The van der Waals surface area contributed by atoms with Gasteiger partial charge < -0.3 is 11.1 Å². The van der Waals surface area contributed by atoms with Crippen molar-refractivity contribution in [3.63, 3.8) is 0 Å². The number of aryl methyl sites for hydroxylation is 2. The van der Waals surface area contributed by atoms with Crippen LogP contribution >= 0.6 is 11.6 Å². The lowest BCUT2D eigenvalue weighted by molar-refractivity contribution is 0.687. The summed E-state index contributed by atoms with van der Waals surface area (Å²) in [6.07, 6.45) is 3.67. The molecule has 0 amide bonds. The number of fused-ring (bicyclic) bond motifs is 3. The lowest BCUT2D eigenvalue weighted by atomic mass is 10.1. The molecule has 4 aromatic rings. The van der Waals surface area contributed by atoms with Crippen molar-refractivity contribution in [2.24, 2.45) is 0 Å². The van der Waals surface area contributed by atoms with Crippen molar-refractivity contribution in [2.45, 2.75) is 32.6 Å². The van der Waals surface area contributed by atoms with Crippen molar-refractivity contribution in [1.29, 1.82) is 5.26 Å². The van der Waals surface area contributed by atoms with Crippen molar-refractivity contribution in [3.05, 3.63) is 46.2 Å². The smallest absolute Gasteiger partial charge is 0.176 e. The second-order valence-electron chi connectivity index (χ2n) is 6.92. The van der Waals surface area contributed by atoms with Crippen LogP contribution in [0.25, 0.3) is 16.6 Å². The topological polar surface area (TPSA) is 121 Å². The van der Waals surface area contributed by atoms with Gasteiger partial charge in [-0.2, -0.15) is 15.5 Å². The van der Waals surface area contributed by atoms with E-state index in [0.717, 1.165) is 60.3 Å². The molecule has 0 aliphatic heterocycles. The number of H-pyrrole nitrogens is 1. The van der Waals surface area contributed by atoms with Gasteiger partial charge in [-0.15, -0.1) is 0 Å². The molecule has 3 aromatic heterocycles. The predicted molar refractivity (Wildman–Crippen MR) is 114 cm³/mol. The molecule has 0 radical (unpaired) electrons. The third kappa shape index (κ3) is 3.57. The number of halogens is 1. The van der Waals surface area contributed by atoms with Crippen LogP contribution in [0.5, 0.6) is 0 Å². The Balaban J connectivity index is 1.40. The number of nitrogens with one attached hydrogen (secondary N) is 2. The predicted octanol–water partition coefficient (Wildman–Crippen LogP) is 3.85. The van der Waals surface area contributed by atoms with Crippen LogP contribution in [0.1, 0.15) is 36.2 Å². The van der Waals surface area contributed by atoms with Gasteiger partial charge in [0.2, 0.25) is 0 Å². The molecule has 29 heavy (non-hydrogen) atoms. The van der Waals surface area contributed by atoms with E-state index < -0.39 is 0 Å². The monoisotopic (exact) mass is 408 g/mol. The number of nitriles is 1. The second-order valence-corrected chi connectivity index (χ2v) is 7.30. The van der Waals surface area contributed by atoms with E-state index in [9.17, 15) is 0 Å². The third-order valence-electron chi connectivity index (χ3n) is 4.95. The summed E-state index contributed by atoms with van der Waals surface area (Å²) in [7, 11) is 0. The van der Waals surface area contributed by atoms with Crippen LogP contribution in [0, 0.1) is 18.3 Å². The SMILES string of the molecule is Cc1nn2c(nc(NCCCCCc3[nH]nc(N)c3C#N)c3ccccc32)c1Cl. The number of unbranched alkanes of at least 4 members (excludes halogenated alkanes) is 2. The summed E-state index contributed by atoms with van der Waals surface area (Å²) in [6.45, 7) is 2.66. The van der Waals surface area contributed by atoms with E-state index in [1.165, 1.54) is 0 Å². The van der Waals surface area contributed by atoms with Gasteiger partial charge in [-0.3, -0.25) is 5.10 Å². The normalized spacial score (nSPS) is 11.2. The van der Waals surface area contributed by atoms with E-state index in [-0.39, 0.29) is 5.82 Å². The van der Waals surface area contributed by atoms with Crippen molar-refractivity contribution in [1.82, 2.24) is 24.8 Å². The Labute approximate surface area is 172 Å². The molecule has 148 valence electrons. The van der Waals surface area contributed by atoms with Gasteiger partial charge in [-0.1, -0.05) is 30.2 Å². The number of anilines is 2. The summed E-state index contributed by atoms with van der Waals surface area (Å²) >= 11 is 6.39. The van der Waals surface area contributed by atoms with Gasteiger partial charge in [0.25, 0.3) is 0 Å². The summed E-state index contributed by atoms with van der Waals surface area (Å²) in [5, 5.41) is 25.4. The molecular formula is C20H21ClN8. The van der Waals surface area contributed by atoms with Crippen LogP contribution < -0.4 is 11.1 Å². The number of aromatic nitrogens is 5. The number of hydrogen-bond acceptors (Lipinski definition) is 6. The molecule has 9 heteroatoms. The lowest BCUT2D eigenvalue weighted by Gasteiger charge is -2.10. The zero-order valence-electron chi connectivity index (χ0n) is 16.0. The first-order valence-corrected chi connectivity index (χ1v) is 9.88. The van der Waals surface area contributed by atoms with E-state index in [1.54, 1.807) is 4.52 Å². The Kier molecular flexibility index (Phi) is 5.23. The molecule has 0 aliphatic rings. The van der Waals surface area contributed by atoms with Crippen LogP contribution in [0.15, 0.2) is 24.3 Å². The summed E-state index contributed by atoms with van der Waals surface area (Å²) in [5.74, 6) is 1.08. The van der Waals surface area contributed by atoms with Crippen molar-refractivity contribution in [2.75, 3.05) is 17.6 Å². The fourth-order valence-electron chi connectivity index (χ4n) is 3.43. The largest absolute Gasteiger partial charge is 0.381 e. The van der Waals surface area contributed by atoms with Gasteiger partial charge in [0, 0.05) is 11.9 Å². The zero-order chi connectivity index (χ0) is 20.4. The van der Waals surface area contributed by atoms with Crippen LogP contribution in [0.2, 0.25) is 5.02 Å². The van der Waals surface area contributed by atoms with Crippen LogP contribution in [0.4, 0.5) is 11.6 Å². The molecule has 0 unspecified atom stereocenters. The minimum atomic E-state index is 0.270. The molecule has 0 bridgehead atoms. The van der Waals surface area contributed by atoms with Crippen molar-refractivity contribution < 1.29 is 0 Å². The highest BCUT2D eigenvalue weighted by Gasteiger charge is 2.14. The Morgan fingerprint density at radius 1 is 1.28 bits per heavy atom. The van der Waals surface area contributed by atoms with Crippen LogP contribution in [-0.4, -0.2) is 31.3 Å². The number of nitrogen functional groups attached to an aromatic ring is 1. The molecule has 0 spiro atoms. The molecule has 1 aromatic carbocycles. The quantitative estimate of drug-likeness (QED) is 0.399. The van der Waals surface area contributed by atoms with E-state index in [4.69, 9.17) is 27.6 Å². The average Bonchev–Trinajstić information content (AvgIpc) is 3.23. The molecule has 3 heterocycles. The number of nitrogens with zero attached hydrogens (tertiary/aromatic N) is 5. The van der Waals surface area contributed by atoms with Gasteiger partial charge in [-0.25, -0.2) is 9.50 Å². The molecule has 0 atom stereocenters. The van der Waals surface area contributed by atoms with Crippen molar-refractivity contribution in [3.8, 4) is 6.07 Å². The first-order valence-electron chi connectivity index (χ1n) is 9.50. The highest BCUT2D eigenvalue weighted by atomic mass is 35.5. The van der Waals surface area contributed by atoms with Gasteiger partial charge in [0.1, 0.15) is 22.5 Å². The van der Waals surface area contributed by atoms with Crippen molar-refractivity contribution >= 4 is 39.8 Å². The zero-order valence-corrected chi connectivity index (χ0v) is 16.8. The summed E-state index contributed by atoms with van der Waals surface area (Å²) in [5.41, 5.74) is 9.32. The van der Waals surface area contributed by atoms with Gasteiger partial charge in [0.15, 0.2) is 11.5 Å². The maximum atomic E-state index is 9.12. The first kappa shape index (κ1) is 19.0. The lowest BCUT2D eigenvalue weighted by Crippen LogP contribution is -2.06. The van der Waals surface area contributed by atoms with E-state index in [0.29, 0.717) is 16.2 Å². The number of nitrogens with two attached hydrogens (primary N) is 1. The number of para-hydroxylation sites is 1. The number of aromatic amines is 1. The summed E-state index contributed by atoms with van der Waals surface area (Å²) in [6, 6.07) is 10.1. The minimum absolute atomic E-state index is 0.270. The molecule has 0 aliphatic carbocycles. The van der Waals surface area contributed by atoms with Gasteiger partial charge in [-0.05, 0) is 38.3 Å². The minimum Gasteiger partial charge on any atom is -0.381 e. The molecule has 0 saturated heterocycles. The fraction of sp³-hybridized carbons (Fsp3) is 0.300. The molecule has 4 N–H and O–H groups in total. The maximum absolute atomic E-state index is 9.12. The maximum Gasteiger partial charge on any atom is 0.176 e. The van der Waals surface area contributed by atoms with Crippen LogP contribution in [-0.2, 0) is 6.42 Å². The third-order valence-corrected chi connectivity index (χ3v) is 5.39. The molecule has 4 rings (SSSR count). The first-order chi connectivity index (χ1) is 14.1. The van der Waals surface area contributed by atoms with Crippen LogP contribution in [0.3, 0.4) is 0 Å². The number of benzene rings is 1. The van der Waals surface area contributed by atoms with E-state index >= 15 is 0 Å². The van der Waals surface area contributed by atoms with E-state index in [1.807, 2.05) is 31.2 Å². The van der Waals surface area contributed by atoms with E-state index in [2.05, 4.69) is 26.7 Å². The van der Waals surface area contributed by atoms with Gasteiger partial charge in [0.05, 0.1) is 16.9 Å². The molecule has 8 nitrogen and oxygen atoms in total. The Bertz CT molecular complexity index is 1220. The standard InChI is InChI=1S/C20H21ClN8/c1-12-17(21)20-25-19(13-7-4-5-9-16(13)29(20)28-12)24-10-6-2-3-8-15-14(11-22)18(23)27-26-15/h4-5,7,9H,2-3,6,8,10H2,1H3,(H,24,25)(H3,23,26,27). The highest BCUT2D eigenvalue weighted by molar-refractivity contribution is 6.34. The fourth-order valence-corrected chi connectivity index (χ4v) is 3.59. The summed E-state index contributed by atoms with van der Waals surface area (Å²) in [4.78, 5) is 4.71. The Hall–Kier alpha value is -3.31. The highest BCUT2D eigenvalue weighted by Crippen LogP contribution is 2.28. The second kappa shape index (κ2) is 7.97. The Morgan fingerprint density at radius 2 is 2.10 bits per heavy atom. The number of rotatable bonds is 7. The molecule has 0 saturated carbocycles. The molecular weight excluding hydrogens is 388 g/mol. The average molecular weight is 409 g/mol. The van der Waals surface area contributed by atoms with Gasteiger partial charge >= 0.3 is 0 Å². The summed E-state index contributed by atoms with van der Waals surface area (Å²) < 4.78 is 1.79.